The first kappa shape index (κ1) is 19.0. The number of benzene rings is 2. The molecule has 0 spiro atoms. The van der Waals surface area contributed by atoms with Gasteiger partial charge in [-0.05, 0) is 56.3 Å². The van der Waals surface area contributed by atoms with Crippen molar-refractivity contribution in [2.45, 2.75) is 56.9 Å². The van der Waals surface area contributed by atoms with E-state index < -0.39 is 12.3 Å². The Hall–Kier alpha value is -1.74. The summed E-state index contributed by atoms with van der Waals surface area (Å²) in [6.45, 7) is 3.32. The minimum absolute atomic E-state index is 0.248. The normalized spacial score (nSPS) is 23.7. The van der Waals surface area contributed by atoms with Gasteiger partial charge in [0.15, 0.2) is 0 Å². The van der Waals surface area contributed by atoms with E-state index in [4.69, 9.17) is 0 Å². The van der Waals surface area contributed by atoms with Crippen LogP contribution in [0.2, 0.25) is 0 Å². The summed E-state index contributed by atoms with van der Waals surface area (Å²) in [5.74, 6) is -0.248. The number of halogens is 2. The second kappa shape index (κ2) is 8.77. The standard InChI is InChI=1S/C23H29F2N/c1-17(26(2)15-14-18-6-4-3-5-7-18)8-9-19-10-12-20(13-11-19)21-16-22(24)23(21)25/h3-7,10-13,17,21-23H,8-9,14-16H2,1-2H3. The highest BCUT2D eigenvalue weighted by atomic mass is 19.2. The maximum absolute atomic E-state index is 13.5. The largest absolute Gasteiger partial charge is 0.303 e. The summed E-state index contributed by atoms with van der Waals surface area (Å²) in [5, 5.41) is 0. The Balaban J connectivity index is 1.43. The van der Waals surface area contributed by atoms with Crippen molar-refractivity contribution in [3.8, 4) is 0 Å². The molecule has 1 saturated carbocycles. The maximum Gasteiger partial charge on any atom is 0.138 e. The number of likely N-dealkylation sites (N-methyl/N-ethyl adjacent to an activating group) is 1. The van der Waals surface area contributed by atoms with Crippen molar-refractivity contribution in [3.05, 3.63) is 71.3 Å². The maximum atomic E-state index is 13.5. The smallest absolute Gasteiger partial charge is 0.138 e. The number of alkyl halides is 2. The van der Waals surface area contributed by atoms with E-state index in [9.17, 15) is 8.78 Å². The summed E-state index contributed by atoms with van der Waals surface area (Å²) in [5.41, 5.74) is 3.58. The molecule has 0 heterocycles. The molecule has 0 aromatic heterocycles. The van der Waals surface area contributed by atoms with Gasteiger partial charge in [0.05, 0.1) is 0 Å². The van der Waals surface area contributed by atoms with E-state index in [2.05, 4.69) is 61.3 Å². The number of rotatable bonds is 8. The van der Waals surface area contributed by atoms with Crippen molar-refractivity contribution in [2.24, 2.45) is 0 Å². The van der Waals surface area contributed by atoms with Crippen LogP contribution < -0.4 is 0 Å². The molecule has 1 aliphatic rings. The molecule has 0 amide bonds. The molecular weight excluding hydrogens is 328 g/mol. The molecule has 0 aliphatic heterocycles. The lowest BCUT2D eigenvalue weighted by Gasteiger charge is -2.34. The predicted molar refractivity (Wildman–Crippen MR) is 104 cm³/mol. The number of hydrogen-bond acceptors (Lipinski definition) is 1. The molecule has 0 radical (unpaired) electrons. The molecule has 1 aliphatic carbocycles. The third kappa shape index (κ3) is 4.70. The van der Waals surface area contributed by atoms with Crippen LogP contribution in [0.25, 0.3) is 0 Å². The summed E-state index contributed by atoms with van der Waals surface area (Å²) in [6.07, 6.45) is 0.895. The number of aryl methyl sites for hydroxylation is 1. The SMILES string of the molecule is CC(CCc1ccc(C2CC(F)C2F)cc1)N(C)CCc1ccccc1. The van der Waals surface area contributed by atoms with E-state index in [-0.39, 0.29) is 5.92 Å². The van der Waals surface area contributed by atoms with E-state index >= 15 is 0 Å². The van der Waals surface area contributed by atoms with Crippen molar-refractivity contribution in [2.75, 3.05) is 13.6 Å². The summed E-state index contributed by atoms with van der Waals surface area (Å²) < 4.78 is 26.5. The number of hydrogen-bond donors (Lipinski definition) is 0. The Labute approximate surface area is 156 Å². The van der Waals surface area contributed by atoms with Crippen molar-refractivity contribution in [1.29, 1.82) is 0 Å². The molecule has 0 bridgehead atoms. The highest BCUT2D eigenvalue weighted by Gasteiger charge is 2.42. The van der Waals surface area contributed by atoms with E-state index in [1.807, 2.05) is 12.1 Å². The fourth-order valence-electron chi connectivity index (χ4n) is 3.58. The van der Waals surface area contributed by atoms with Crippen LogP contribution in [0.3, 0.4) is 0 Å². The topological polar surface area (TPSA) is 3.24 Å². The molecule has 26 heavy (non-hydrogen) atoms. The minimum Gasteiger partial charge on any atom is -0.303 e. The molecule has 2 aromatic carbocycles. The van der Waals surface area contributed by atoms with E-state index in [1.54, 1.807) is 0 Å². The Morgan fingerprint density at radius 3 is 2.23 bits per heavy atom. The van der Waals surface area contributed by atoms with Crippen molar-refractivity contribution in [3.63, 3.8) is 0 Å². The lowest BCUT2D eigenvalue weighted by Crippen LogP contribution is -2.38. The van der Waals surface area contributed by atoms with Gasteiger partial charge in [0.2, 0.25) is 0 Å². The fraction of sp³-hybridized carbons (Fsp3) is 0.478. The predicted octanol–water partition coefficient (Wildman–Crippen LogP) is 5.35. The zero-order chi connectivity index (χ0) is 18.5. The van der Waals surface area contributed by atoms with E-state index in [1.165, 1.54) is 11.1 Å². The molecule has 140 valence electrons. The second-order valence-corrected chi connectivity index (χ2v) is 7.65. The lowest BCUT2D eigenvalue weighted by atomic mass is 9.76. The van der Waals surface area contributed by atoms with Crippen LogP contribution in [0.15, 0.2) is 54.6 Å². The van der Waals surface area contributed by atoms with Gasteiger partial charge in [0.25, 0.3) is 0 Å². The first-order valence-corrected chi connectivity index (χ1v) is 9.65. The van der Waals surface area contributed by atoms with Crippen LogP contribution >= 0.6 is 0 Å². The zero-order valence-electron chi connectivity index (χ0n) is 15.7. The Kier molecular flexibility index (Phi) is 6.42. The second-order valence-electron chi connectivity index (χ2n) is 7.65. The van der Waals surface area contributed by atoms with Gasteiger partial charge in [-0.2, -0.15) is 0 Å². The third-order valence-electron chi connectivity index (χ3n) is 5.82. The molecule has 1 fully saturated rings. The Morgan fingerprint density at radius 1 is 0.962 bits per heavy atom. The molecule has 0 saturated heterocycles. The van der Waals surface area contributed by atoms with Crippen LogP contribution in [0.5, 0.6) is 0 Å². The summed E-state index contributed by atoms with van der Waals surface area (Å²) in [4.78, 5) is 2.41. The van der Waals surface area contributed by atoms with Crippen molar-refractivity contribution in [1.82, 2.24) is 4.90 Å². The summed E-state index contributed by atoms with van der Waals surface area (Å²) >= 11 is 0. The molecule has 0 N–H and O–H groups in total. The first-order chi connectivity index (χ1) is 12.5. The van der Waals surface area contributed by atoms with Gasteiger partial charge >= 0.3 is 0 Å². The van der Waals surface area contributed by atoms with Crippen LogP contribution in [-0.4, -0.2) is 36.9 Å². The average molecular weight is 357 g/mol. The van der Waals surface area contributed by atoms with Gasteiger partial charge in [0, 0.05) is 18.5 Å². The van der Waals surface area contributed by atoms with Crippen LogP contribution in [0.4, 0.5) is 8.78 Å². The average Bonchev–Trinajstić information content (AvgIpc) is 2.69. The summed E-state index contributed by atoms with van der Waals surface area (Å²) in [6, 6.07) is 19.2. The third-order valence-corrected chi connectivity index (χ3v) is 5.82. The molecular formula is C23H29F2N. The van der Waals surface area contributed by atoms with Gasteiger partial charge in [-0.3, -0.25) is 0 Å². The van der Waals surface area contributed by atoms with Crippen LogP contribution in [0, 0.1) is 0 Å². The minimum atomic E-state index is -1.32. The number of nitrogens with zero attached hydrogens (tertiary/aromatic N) is 1. The van der Waals surface area contributed by atoms with Crippen molar-refractivity contribution < 1.29 is 8.78 Å². The first-order valence-electron chi connectivity index (χ1n) is 9.65. The summed E-state index contributed by atoms with van der Waals surface area (Å²) in [7, 11) is 2.18. The van der Waals surface area contributed by atoms with Gasteiger partial charge in [0.1, 0.15) is 12.3 Å². The van der Waals surface area contributed by atoms with Gasteiger partial charge in [-0.25, -0.2) is 8.78 Å². The molecule has 3 heteroatoms. The fourth-order valence-corrected chi connectivity index (χ4v) is 3.58. The van der Waals surface area contributed by atoms with Gasteiger partial charge in [-0.15, -0.1) is 0 Å². The molecule has 4 unspecified atom stereocenters. The molecule has 4 atom stereocenters. The quantitative estimate of drug-likeness (QED) is 0.616. The Bertz CT molecular complexity index is 670. The monoisotopic (exact) mass is 357 g/mol. The zero-order valence-corrected chi connectivity index (χ0v) is 15.7. The molecule has 3 rings (SSSR count). The van der Waals surface area contributed by atoms with Gasteiger partial charge in [-0.1, -0.05) is 54.6 Å². The Morgan fingerprint density at radius 2 is 1.62 bits per heavy atom. The van der Waals surface area contributed by atoms with Crippen molar-refractivity contribution >= 4 is 0 Å². The van der Waals surface area contributed by atoms with E-state index in [0.29, 0.717) is 12.5 Å². The van der Waals surface area contributed by atoms with Crippen LogP contribution in [0.1, 0.15) is 42.4 Å². The highest BCUT2D eigenvalue weighted by molar-refractivity contribution is 5.29. The molecule has 1 nitrogen and oxygen atoms in total. The highest BCUT2D eigenvalue weighted by Crippen LogP contribution is 2.41. The van der Waals surface area contributed by atoms with E-state index in [0.717, 1.165) is 31.4 Å². The molecule has 2 aromatic rings. The lowest BCUT2D eigenvalue weighted by molar-refractivity contribution is 0.0428. The van der Waals surface area contributed by atoms with Crippen LogP contribution in [-0.2, 0) is 12.8 Å². The van der Waals surface area contributed by atoms with Gasteiger partial charge < -0.3 is 4.90 Å².